The number of anilines is 1. The summed E-state index contributed by atoms with van der Waals surface area (Å²) >= 11 is 0. The van der Waals surface area contributed by atoms with Gasteiger partial charge >= 0.3 is 0 Å². The first-order valence-electron chi connectivity index (χ1n) is 5.22. The molecule has 1 heterocycles. The second-order valence-electron chi connectivity index (χ2n) is 4.15. The molecule has 1 atom stereocenters. The van der Waals surface area contributed by atoms with E-state index in [0.29, 0.717) is 11.9 Å². The molecule has 2 N–H and O–H groups in total. The third-order valence-corrected chi connectivity index (χ3v) is 2.30. The van der Waals surface area contributed by atoms with Crippen molar-refractivity contribution in [2.24, 2.45) is 5.92 Å². The first-order chi connectivity index (χ1) is 7.02. The molecule has 0 aromatic carbocycles. The molecule has 1 aromatic rings. The van der Waals surface area contributed by atoms with Gasteiger partial charge in [-0.1, -0.05) is 13.8 Å². The molecule has 0 aliphatic heterocycles. The molecular formula is C11H19N3O. The predicted molar refractivity (Wildman–Crippen MR) is 60.8 cm³/mol. The van der Waals surface area contributed by atoms with Gasteiger partial charge in [0.15, 0.2) is 0 Å². The third kappa shape index (κ3) is 3.47. The van der Waals surface area contributed by atoms with Crippen LogP contribution in [0, 0.1) is 19.8 Å². The molecule has 0 spiro atoms. The van der Waals surface area contributed by atoms with E-state index < -0.39 is 0 Å². The quantitative estimate of drug-likeness (QED) is 0.789. The second kappa shape index (κ2) is 5.07. The van der Waals surface area contributed by atoms with Crippen molar-refractivity contribution in [3.05, 3.63) is 17.5 Å². The Morgan fingerprint density at radius 3 is 2.20 bits per heavy atom. The van der Waals surface area contributed by atoms with Crippen LogP contribution in [0.4, 0.5) is 5.95 Å². The predicted octanol–water partition coefficient (Wildman–Crippen LogP) is 1.52. The number of aryl methyl sites for hydroxylation is 2. The molecule has 0 fully saturated rings. The minimum atomic E-state index is 0.00574. The van der Waals surface area contributed by atoms with Gasteiger partial charge < -0.3 is 10.4 Å². The number of aliphatic hydroxyl groups excluding tert-OH is 1. The van der Waals surface area contributed by atoms with Crippen LogP contribution in [-0.2, 0) is 0 Å². The van der Waals surface area contributed by atoms with E-state index in [1.807, 2.05) is 19.9 Å². The number of hydrogen-bond donors (Lipinski definition) is 2. The molecule has 0 unspecified atom stereocenters. The first-order valence-corrected chi connectivity index (χ1v) is 5.22. The van der Waals surface area contributed by atoms with Crippen LogP contribution in [0.15, 0.2) is 6.07 Å². The lowest BCUT2D eigenvalue weighted by atomic mass is 10.1. The van der Waals surface area contributed by atoms with Crippen molar-refractivity contribution in [3.63, 3.8) is 0 Å². The Labute approximate surface area is 90.8 Å². The van der Waals surface area contributed by atoms with Gasteiger partial charge in [-0.25, -0.2) is 9.97 Å². The Morgan fingerprint density at radius 2 is 1.80 bits per heavy atom. The molecule has 0 aliphatic carbocycles. The average molecular weight is 209 g/mol. The van der Waals surface area contributed by atoms with Gasteiger partial charge in [0.2, 0.25) is 5.95 Å². The van der Waals surface area contributed by atoms with Gasteiger partial charge in [-0.15, -0.1) is 0 Å². The summed E-state index contributed by atoms with van der Waals surface area (Å²) in [5, 5.41) is 12.3. The fraction of sp³-hybridized carbons (Fsp3) is 0.636. The molecule has 0 amide bonds. The maximum atomic E-state index is 9.18. The third-order valence-electron chi connectivity index (χ3n) is 2.30. The molecular weight excluding hydrogens is 190 g/mol. The molecule has 4 nitrogen and oxygen atoms in total. The van der Waals surface area contributed by atoms with Crippen molar-refractivity contribution in [1.82, 2.24) is 9.97 Å². The van der Waals surface area contributed by atoms with Gasteiger partial charge in [-0.3, -0.25) is 0 Å². The van der Waals surface area contributed by atoms with E-state index >= 15 is 0 Å². The summed E-state index contributed by atoms with van der Waals surface area (Å²) in [7, 11) is 0. The number of aromatic nitrogens is 2. The smallest absolute Gasteiger partial charge is 0.223 e. The molecule has 0 radical (unpaired) electrons. The lowest BCUT2D eigenvalue weighted by molar-refractivity contribution is 0.248. The largest absolute Gasteiger partial charge is 0.394 e. The van der Waals surface area contributed by atoms with Crippen LogP contribution in [0.25, 0.3) is 0 Å². The number of aliphatic hydroxyl groups is 1. The lowest BCUT2D eigenvalue weighted by Crippen LogP contribution is -2.30. The second-order valence-corrected chi connectivity index (χ2v) is 4.15. The number of rotatable bonds is 4. The summed E-state index contributed by atoms with van der Waals surface area (Å²) in [6.07, 6.45) is 0. The van der Waals surface area contributed by atoms with Crippen LogP contribution in [0.5, 0.6) is 0 Å². The highest BCUT2D eigenvalue weighted by Gasteiger charge is 2.13. The molecule has 0 saturated heterocycles. The lowest BCUT2D eigenvalue weighted by Gasteiger charge is -2.20. The van der Waals surface area contributed by atoms with Crippen LogP contribution in [0.2, 0.25) is 0 Å². The van der Waals surface area contributed by atoms with Gasteiger partial charge in [-0.05, 0) is 25.8 Å². The number of nitrogens with one attached hydrogen (secondary N) is 1. The van der Waals surface area contributed by atoms with Crippen LogP contribution in [0.3, 0.4) is 0 Å². The Balaban J connectivity index is 2.79. The first kappa shape index (κ1) is 11.9. The van der Waals surface area contributed by atoms with E-state index in [-0.39, 0.29) is 12.6 Å². The molecule has 4 heteroatoms. The van der Waals surface area contributed by atoms with Gasteiger partial charge in [0.1, 0.15) is 0 Å². The molecule has 84 valence electrons. The van der Waals surface area contributed by atoms with Gasteiger partial charge in [-0.2, -0.15) is 0 Å². The zero-order valence-electron chi connectivity index (χ0n) is 9.78. The van der Waals surface area contributed by atoms with Crippen molar-refractivity contribution in [1.29, 1.82) is 0 Å². The summed E-state index contributed by atoms with van der Waals surface area (Å²) in [5.74, 6) is 0.944. The number of nitrogens with zero attached hydrogens (tertiary/aromatic N) is 2. The van der Waals surface area contributed by atoms with Crippen molar-refractivity contribution >= 4 is 5.95 Å². The number of hydrogen-bond acceptors (Lipinski definition) is 4. The van der Waals surface area contributed by atoms with Crippen molar-refractivity contribution in [2.75, 3.05) is 11.9 Å². The van der Waals surface area contributed by atoms with E-state index in [2.05, 4.69) is 29.1 Å². The van der Waals surface area contributed by atoms with E-state index in [0.717, 1.165) is 11.4 Å². The Kier molecular flexibility index (Phi) is 4.03. The summed E-state index contributed by atoms with van der Waals surface area (Å²) in [4.78, 5) is 8.54. The SMILES string of the molecule is Cc1cc(C)nc(N[C@H](CO)C(C)C)n1. The maximum absolute atomic E-state index is 9.18. The van der Waals surface area contributed by atoms with E-state index in [1.54, 1.807) is 0 Å². The van der Waals surface area contributed by atoms with Crippen molar-refractivity contribution < 1.29 is 5.11 Å². The highest BCUT2D eigenvalue weighted by atomic mass is 16.3. The Hall–Kier alpha value is -1.16. The summed E-state index contributed by atoms with van der Waals surface area (Å²) < 4.78 is 0. The van der Waals surface area contributed by atoms with E-state index in [4.69, 9.17) is 0 Å². The Bertz CT molecular complexity index is 305. The van der Waals surface area contributed by atoms with Gasteiger partial charge in [0.05, 0.1) is 12.6 Å². The highest BCUT2D eigenvalue weighted by Crippen LogP contribution is 2.09. The van der Waals surface area contributed by atoms with E-state index in [1.165, 1.54) is 0 Å². The fourth-order valence-corrected chi connectivity index (χ4v) is 1.38. The molecule has 1 rings (SSSR count). The molecule has 0 saturated carbocycles. The summed E-state index contributed by atoms with van der Waals surface area (Å²) in [5.41, 5.74) is 1.87. The normalized spacial score (nSPS) is 12.9. The van der Waals surface area contributed by atoms with Crippen LogP contribution < -0.4 is 5.32 Å². The highest BCUT2D eigenvalue weighted by molar-refractivity contribution is 5.29. The molecule has 0 bridgehead atoms. The minimum Gasteiger partial charge on any atom is -0.394 e. The van der Waals surface area contributed by atoms with Crippen LogP contribution in [-0.4, -0.2) is 27.7 Å². The fourth-order valence-electron chi connectivity index (χ4n) is 1.38. The molecule has 1 aromatic heterocycles. The molecule has 15 heavy (non-hydrogen) atoms. The monoisotopic (exact) mass is 209 g/mol. The van der Waals surface area contributed by atoms with Gasteiger partial charge in [0.25, 0.3) is 0 Å². The average Bonchev–Trinajstić information content (AvgIpc) is 2.12. The van der Waals surface area contributed by atoms with Crippen molar-refractivity contribution in [3.8, 4) is 0 Å². The standard InChI is InChI=1S/C11H19N3O/c1-7(2)10(6-15)14-11-12-8(3)5-9(4)13-11/h5,7,10,15H,6H2,1-4H3,(H,12,13,14)/t10-/m1/s1. The topological polar surface area (TPSA) is 58.0 Å². The minimum absolute atomic E-state index is 0.00574. The Morgan fingerprint density at radius 1 is 1.27 bits per heavy atom. The zero-order chi connectivity index (χ0) is 11.4. The van der Waals surface area contributed by atoms with Crippen molar-refractivity contribution in [2.45, 2.75) is 33.7 Å². The zero-order valence-corrected chi connectivity index (χ0v) is 9.78. The van der Waals surface area contributed by atoms with Crippen LogP contribution >= 0.6 is 0 Å². The summed E-state index contributed by atoms with van der Waals surface area (Å²) in [6.45, 7) is 8.06. The molecule has 0 aliphatic rings. The van der Waals surface area contributed by atoms with Gasteiger partial charge in [0, 0.05) is 11.4 Å². The van der Waals surface area contributed by atoms with E-state index in [9.17, 15) is 5.11 Å². The van der Waals surface area contributed by atoms with Crippen LogP contribution in [0.1, 0.15) is 25.2 Å². The summed E-state index contributed by atoms with van der Waals surface area (Å²) in [6, 6.07) is 1.93. The maximum Gasteiger partial charge on any atom is 0.223 e.